The number of alkyl halides is 2. The Bertz CT molecular complexity index is 1740. The number of carbonyl (C=O) groups excluding carboxylic acids is 4. The Morgan fingerprint density at radius 1 is 0.902 bits per heavy atom. The largest absolute Gasteiger partial charge is 0.507 e. The number of nitrogens with zero attached hydrogens (tertiary/aromatic N) is 2. The van der Waals surface area contributed by atoms with Crippen LogP contribution in [0.4, 0.5) is 5.69 Å². The first-order valence-corrected chi connectivity index (χ1v) is 15.1. The number of amides is 4. The van der Waals surface area contributed by atoms with Crippen LogP contribution in [0.15, 0.2) is 72.3 Å². The third-order valence-corrected chi connectivity index (χ3v) is 11.5. The molecule has 10 heteroatoms. The number of imide groups is 2. The number of carbonyl (C=O) groups is 4. The van der Waals surface area contributed by atoms with Crippen molar-refractivity contribution in [3.05, 3.63) is 81.4 Å². The number of phenols is 1. The highest BCUT2D eigenvalue weighted by molar-refractivity contribution is 14.1. The molecule has 0 radical (unpaired) electrons. The summed E-state index contributed by atoms with van der Waals surface area (Å²) in [7, 11) is 1.35. The van der Waals surface area contributed by atoms with E-state index in [2.05, 4.69) is 22.6 Å². The van der Waals surface area contributed by atoms with E-state index in [0.29, 0.717) is 22.2 Å². The molecule has 208 valence electrons. The fraction of sp³-hybridized carbons (Fsp3) is 0.290. The van der Waals surface area contributed by atoms with Gasteiger partial charge in [-0.25, -0.2) is 0 Å². The number of aromatic hydroxyl groups is 1. The van der Waals surface area contributed by atoms with Gasteiger partial charge in [-0.3, -0.25) is 29.0 Å². The van der Waals surface area contributed by atoms with Crippen molar-refractivity contribution >= 4 is 85.9 Å². The summed E-state index contributed by atoms with van der Waals surface area (Å²) in [6, 6.07) is 17.9. The number of allylic oxidation sites excluding steroid dienone is 2. The van der Waals surface area contributed by atoms with Crippen LogP contribution in [0.25, 0.3) is 10.8 Å². The van der Waals surface area contributed by atoms with Crippen molar-refractivity contribution in [1.82, 2.24) is 4.90 Å². The van der Waals surface area contributed by atoms with Gasteiger partial charge in [0.1, 0.15) is 5.75 Å². The number of hydrogen-bond donors (Lipinski definition) is 1. The number of rotatable bonds is 2. The maximum atomic E-state index is 14.1. The topological polar surface area (TPSA) is 95.0 Å². The summed E-state index contributed by atoms with van der Waals surface area (Å²) in [5, 5.41) is 12.9. The van der Waals surface area contributed by atoms with E-state index < -0.39 is 45.2 Å². The average molecular weight is 701 g/mol. The Hall–Kier alpha value is -2.95. The zero-order valence-electron chi connectivity index (χ0n) is 21.7. The zero-order chi connectivity index (χ0) is 29.0. The Balaban J connectivity index is 1.42. The number of anilines is 1. The second-order valence-corrected chi connectivity index (χ2v) is 13.7. The van der Waals surface area contributed by atoms with Crippen LogP contribution >= 0.6 is 45.8 Å². The minimum atomic E-state index is -1.95. The van der Waals surface area contributed by atoms with Gasteiger partial charge in [-0.2, -0.15) is 0 Å². The van der Waals surface area contributed by atoms with E-state index in [0.717, 1.165) is 13.9 Å². The molecule has 0 unspecified atom stereocenters. The minimum absolute atomic E-state index is 0.0695. The summed E-state index contributed by atoms with van der Waals surface area (Å²) in [6.07, 6.45) is 2.03. The highest BCUT2D eigenvalue weighted by atomic mass is 127. The van der Waals surface area contributed by atoms with Gasteiger partial charge in [0.05, 0.1) is 17.5 Å². The lowest BCUT2D eigenvalue weighted by Gasteiger charge is -2.50. The van der Waals surface area contributed by atoms with Crippen LogP contribution in [0.1, 0.15) is 24.3 Å². The zero-order valence-corrected chi connectivity index (χ0v) is 25.4. The van der Waals surface area contributed by atoms with E-state index in [9.17, 15) is 24.3 Å². The van der Waals surface area contributed by atoms with E-state index in [1.54, 1.807) is 30.3 Å². The molecule has 7 nitrogen and oxygen atoms in total. The standard InChI is InChI=1S/C31H23Cl2IN2O5/c1-35-28(40)30(32)14-22-19(12-13-20-23(22)27(39)36(26(20)38)17-9-7-16(34)8-10-17)24(31(30,33)29(35)41)21-11-6-15-4-2-3-5-18(15)25(21)37/h2-12,20,22-24,37H,13-14H2,1H3/t20-,22+,23-,24+,30+,31-/m0/s1. The van der Waals surface area contributed by atoms with Crippen LogP contribution in [-0.4, -0.2) is 50.4 Å². The molecule has 2 heterocycles. The van der Waals surface area contributed by atoms with Gasteiger partial charge >= 0.3 is 0 Å². The van der Waals surface area contributed by atoms with Gasteiger partial charge in [-0.05, 0) is 71.0 Å². The van der Waals surface area contributed by atoms with Crippen LogP contribution in [0.5, 0.6) is 5.75 Å². The van der Waals surface area contributed by atoms with Gasteiger partial charge in [0.15, 0.2) is 9.75 Å². The number of phenolic OH excluding ortho intramolecular Hbond substituents is 1. The summed E-state index contributed by atoms with van der Waals surface area (Å²) in [5.74, 6) is -5.16. The number of likely N-dealkylation sites (tertiary alicyclic amines) is 1. The monoisotopic (exact) mass is 700 g/mol. The number of benzene rings is 3. The quantitative estimate of drug-likeness (QED) is 0.169. The maximum Gasteiger partial charge on any atom is 0.253 e. The molecule has 41 heavy (non-hydrogen) atoms. The number of hydrogen-bond acceptors (Lipinski definition) is 5. The molecule has 1 N–H and O–H groups in total. The highest BCUT2D eigenvalue weighted by Crippen LogP contribution is 2.66. The normalized spacial score (nSPS) is 32.7. The molecule has 2 aliphatic heterocycles. The summed E-state index contributed by atoms with van der Waals surface area (Å²) < 4.78 is 0.966. The molecule has 4 amide bonds. The van der Waals surface area contributed by atoms with Gasteiger partial charge in [-0.15, -0.1) is 23.2 Å². The van der Waals surface area contributed by atoms with E-state index >= 15 is 0 Å². The van der Waals surface area contributed by atoms with Crippen molar-refractivity contribution in [3.63, 3.8) is 0 Å². The molecule has 2 aliphatic carbocycles. The summed E-state index contributed by atoms with van der Waals surface area (Å²) in [6.45, 7) is 0. The Morgan fingerprint density at radius 2 is 1.61 bits per heavy atom. The molecule has 2 saturated heterocycles. The Labute approximate surface area is 259 Å². The predicted molar refractivity (Wildman–Crippen MR) is 163 cm³/mol. The number of fused-ring (bicyclic) bond motifs is 5. The second-order valence-electron chi connectivity index (χ2n) is 11.2. The van der Waals surface area contributed by atoms with E-state index in [1.165, 1.54) is 11.9 Å². The van der Waals surface area contributed by atoms with Crippen molar-refractivity contribution < 1.29 is 24.3 Å². The fourth-order valence-corrected chi connectivity index (χ4v) is 8.81. The van der Waals surface area contributed by atoms with E-state index in [4.69, 9.17) is 23.2 Å². The van der Waals surface area contributed by atoms with Crippen LogP contribution in [-0.2, 0) is 19.2 Å². The lowest BCUT2D eigenvalue weighted by molar-refractivity contribution is -0.138. The lowest BCUT2D eigenvalue weighted by Crippen LogP contribution is -2.60. The summed E-state index contributed by atoms with van der Waals surface area (Å²) in [4.78, 5) is 53.4. The molecule has 3 fully saturated rings. The molecule has 4 aliphatic rings. The minimum Gasteiger partial charge on any atom is -0.507 e. The van der Waals surface area contributed by atoms with Crippen LogP contribution < -0.4 is 4.90 Å². The first-order valence-electron chi connectivity index (χ1n) is 13.2. The third kappa shape index (κ3) is 3.38. The van der Waals surface area contributed by atoms with Crippen molar-refractivity contribution in [2.75, 3.05) is 11.9 Å². The highest BCUT2D eigenvalue weighted by Gasteiger charge is 2.76. The van der Waals surface area contributed by atoms with E-state index in [-0.39, 0.29) is 30.4 Å². The summed E-state index contributed by atoms with van der Waals surface area (Å²) >= 11 is 16.6. The lowest BCUT2D eigenvalue weighted by atomic mass is 9.56. The third-order valence-electron chi connectivity index (χ3n) is 9.34. The summed E-state index contributed by atoms with van der Waals surface area (Å²) in [5.41, 5.74) is 1.47. The van der Waals surface area contributed by atoms with Crippen molar-refractivity contribution in [2.45, 2.75) is 28.5 Å². The van der Waals surface area contributed by atoms with Crippen LogP contribution in [0.2, 0.25) is 0 Å². The number of halogens is 3. The Kier molecular flexibility index (Phi) is 5.92. The smallest absolute Gasteiger partial charge is 0.253 e. The van der Waals surface area contributed by atoms with Crippen molar-refractivity contribution in [3.8, 4) is 5.75 Å². The molecule has 3 aromatic rings. The predicted octanol–water partition coefficient (Wildman–Crippen LogP) is 5.34. The van der Waals surface area contributed by atoms with Crippen LogP contribution in [0, 0.1) is 21.3 Å². The van der Waals surface area contributed by atoms with Gasteiger partial charge < -0.3 is 5.11 Å². The maximum absolute atomic E-state index is 14.1. The van der Waals surface area contributed by atoms with Crippen molar-refractivity contribution in [1.29, 1.82) is 0 Å². The average Bonchev–Trinajstić information content (AvgIpc) is 3.29. The molecule has 0 bridgehead atoms. The molecule has 0 spiro atoms. The molecule has 3 aromatic carbocycles. The SMILES string of the molecule is CN1C(=O)[C@]2(Cl)C[C@@H]3C(=CC[C@@H]4C(=O)N(c5ccc(I)cc5)C(=O)[C@@H]43)[C@H](c3ccc4ccccc4c3O)[C@]2(Cl)C1=O. The van der Waals surface area contributed by atoms with Gasteiger partial charge in [0.2, 0.25) is 11.8 Å². The molecular formula is C31H23Cl2IN2O5. The Morgan fingerprint density at radius 3 is 2.34 bits per heavy atom. The fourth-order valence-electron chi connectivity index (χ4n) is 7.44. The first-order chi connectivity index (χ1) is 19.5. The first kappa shape index (κ1) is 26.9. The van der Waals surface area contributed by atoms with Crippen LogP contribution in [0.3, 0.4) is 0 Å². The molecule has 7 rings (SSSR count). The van der Waals surface area contributed by atoms with Gasteiger partial charge in [0.25, 0.3) is 11.8 Å². The molecule has 0 aromatic heterocycles. The van der Waals surface area contributed by atoms with Gasteiger partial charge in [-0.1, -0.05) is 48.0 Å². The molecule has 6 atom stereocenters. The van der Waals surface area contributed by atoms with E-state index in [1.807, 2.05) is 36.4 Å². The molecular weight excluding hydrogens is 678 g/mol. The molecule has 1 saturated carbocycles. The second kappa shape index (κ2) is 9.02. The van der Waals surface area contributed by atoms with Crippen molar-refractivity contribution in [2.24, 2.45) is 17.8 Å². The van der Waals surface area contributed by atoms with Gasteiger partial charge in [0, 0.05) is 27.5 Å².